The second-order valence-corrected chi connectivity index (χ2v) is 6.68. The molecule has 1 aromatic rings. The molecule has 8 nitrogen and oxygen atoms in total. The quantitative estimate of drug-likeness (QED) is 0.782. The summed E-state index contributed by atoms with van der Waals surface area (Å²) in [6.07, 6.45) is 2.48. The molecule has 1 N–H and O–H groups in total. The highest BCUT2D eigenvalue weighted by molar-refractivity contribution is 5.89. The standard InChI is InChI=1S/C16H25N5O3/c1-19(2)11-14(22)21-9-12-13(10-21)24-16(18-12)15(23)17-5-8-20-6-3-4-7-20/h3-11H2,1-2H3,(H,17,23). The van der Waals surface area contributed by atoms with Crippen LogP contribution in [-0.4, -0.2) is 78.3 Å². The first-order valence-electron chi connectivity index (χ1n) is 8.44. The number of oxazole rings is 1. The molecule has 0 radical (unpaired) electrons. The van der Waals surface area contributed by atoms with Gasteiger partial charge in [0.15, 0.2) is 0 Å². The molecule has 1 fully saturated rings. The van der Waals surface area contributed by atoms with E-state index in [1.165, 1.54) is 12.8 Å². The van der Waals surface area contributed by atoms with Gasteiger partial charge in [-0.25, -0.2) is 4.98 Å². The van der Waals surface area contributed by atoms with E-state index >= 15 is 0 Å². The Morgan fingerprint density at radius 1 is 1.25 bits per heavy atom. The average molecular weight is 335 g/mol. The number of nitrogens with zero attached hydrogens (tertiary/aromatic N) is 4. The normalized spacial score (nSPS) is 17.5. The molecule has 0 spiro atoms. The molecule has 0 saturated carbocycles. The fourth-order valence-electron chi connectivity index (χ4n) is 3.09. The third-order valence-corrected chi connectivity index (χ3v) is 4.36. The van der Waals surface area contributed by atoms with E-state index in [4.69, 9.17) is 4.42 Å². The van der Waals surface area contributed by atoms with Crippen molar-refractivity contribution in [3.05, 3.63) is 17.3 Å². The first-order valence-corrected chi connectivity index (χ1v) is 8.44. The van der Waals surface area contributed by atoms with Crippen LogP contribution in [0.3, 0.4) is 0 Å². The number of carbonyl (C=O) groups excluding carboxylic acids is 2. The number of amides is 2. The predicted octanol–water partition coefficient (Wildman–Crippen LogP) is -0.0960. The van der Waals surface area contributed by atoms with Crippen molar-refractivity contribution in [2.75, 3.05) is 46.8 Å². The fourth-order valence-corrected chi connectivity index (χ4v) is 3.09. The molecule has 0 unspecified atom stereocenters. The summed E-state index contributed by atoms with van der Waals surface area (Å²) in [5.74, 6) is 0.465. The van der Waals surface area contributed by atoms with Gasteiger partial charge in [0, 0.05) is 13.1 Å². The van der Waals surface area contributed by atoms with Gasteiger partial charge in [-0.2, -0.15) is 0 Å². The van der Waals surface area contributed by atoms with Gasteiger partial charge in [0.2, 0.25) is 5.91 Å². The molecule has 24 heavy (non-hydrogen) atoms. The van der Waals surface area contributed by atoms with Crippen LogP contribution in [0.25, 0.3) is 0 Å². The summed E-state index contributed by atoms with van der Waals surface area (Å²) >= 11 is 0. The van der Waals surface area contributed by atoms with Crippen molar-refractivity contribution in [2.45, 2.75) is 25.9 Å². The lowest BCUT2D eigenvalue weighted by Gasteiger charge is -2.17. The van der Waals surface area contributed by atoms with Gasteiger partial charge in [0.25, 0.3) is 5.89 Å². The number of hydrogen-bond donors (Lipinski definition) is 1. The van der Waals surface area contributed by atoms with E-state index in [1.807, 2.05) is 19.0 Å². The smallest absolute Gasteiger partial charge is 0.307 e. The van der Waals surface area contributed by atoms with E-state index in [-0.39, 0.29) is 17.7 Å². The lowest BCUT2D eigenvalue weighted by Crippen LogP contribution is -2.35. The molecule has 0 bridgehead atoms. The number of fused-ring (bicyclic) bond motifs is 1. The summed E-state index contributed by atoms with van der Waals surface area (Å²) < 4.78 is 5.55. The number of nitrogens with one attached hydrogen (secondary N) is 1. The highest BCUT2D eigenvalue weighted by Crippen LogP contribution is 2.23. The van der Waals surface area contributed by atoms with Crippen molar-refractivity contribution < 1.29 is 14.0 Å². The van der Waals surface area contributed by atoms with E-state index in [1.54, 1.807) is 4.90 Å². The molecule has 0 aromatic carbocycles. The molecule has 2 aliphatic rings. The van der Waals surface area contributed by atoms with Gasteiger partial charge < -0.3 is 24.4 Å². The minimum atomic E-state index is -0.283. The Balaban J connectivity index is 1.48. The maximum atomic E-state index is 12.1. The summed E-state index contributed by atoms with van der Waals surface area (Å²) in [5.41, 5.74) is 0.687. The zero-order valence-corrected chi connectivity index (χ0v) is 14.4. The third-order valence-electron chi connectivity index (χ3n) is 4.36. The SMILES string of the molecule is CN(C)CC(=O)N1Cc2nc(C(=O)NCCN3CCCC3)oc2C1. The highest BCUT2D eigenvalue weighted by Gasteiger charge is 2.30. The van der Waals surface area contributed by atoms with Crippen molar-refractivity contribution >= 4 is 11.8 Å². The number of aromatic nitrogens is 1. The number of carbonyl (C=O) groups is 2. The first-order chi connectivity index (χ1) is 11.5. The second kappa shape index (κ2) is 7.31. The van der Waals surface area contributed by atoms with Crippen molar-refractivity contribution in [2.24, 2.45) is 0 Å². The topological polar surface area (TPSA) is 81.9 Å². The minimum absolute atomic E-state index is 0.0322. The highest BCUT2D eigenvalue weighted by atomic mass is 16.4. The molecule has 1 saturated heterocycles. The predicted molar refractivity (Wildman–Crippen MR) is 87.3 cm³/mol. The molecule has 8 heteroatoms. The van der Waals surface area contributed by atoms with Crippen LogP contribution in [0.1, 0.15) is 35.0 Å². The molecule has 0 atom stereocenters. The summed E-state index contributed by atoms with van der Waals surface area (Å²) in [6, 6.07) is 0. The Labute approximate surface area is 141 Å². The first kappa shape index (κ1) is 16.9. The molecular formula is C16H25N5O3. The summed E-state index contributed by atoms with van der Waals surface area (Å²) in [7, 11) is 3.71. The Morgan fingerprint density at radius 3 is 2.67 bits per heavy atom. The molecule has 1 aromatic heterocycles. The van der Waals surface area contributed by atoms with Gasteiger partial charge in [-0.1, -0.05) is 0 Å². The molecular weight excluding hydrogens is 310 g/mol. The van der Waals surface area contributed by atoms with E-state index in [0.717, 1.165) is 19.6 Å². The van der Waals surface area contributed by atoms with Crippen molar-refractivity contribution in [3.8, 4) is 0 Å². The van der Waals surface area contributed by atoms with Crippen LogP contribution in [0.15, 0.2) is 4.42 Å². The Bertz CT molecular complexity index is 583. The summed E-state index contributed by atoms with van der Waals surface area (Å²) in [5, 5.41) is 2.85. The maximum Gasteiger partial charge on any atom is 0.307 e. The van der Waals surface area contributed by atoms with E-state index < -0.39 is 0 Å². The summed E-state index contributed by atoms with van der Waals surface area (Å²) in [4.78, 5) is 34.3. The van der Waals surface area contributed by atoms with Crippen molar-refractivity contribution in [3.63, 3.8) is 0 Å². The lowest BCUT2D eigenvalue weighted by atomic mass is 10.4. The van der Waals surface area contributed by atoms with Crippen LogP contribution in [0.2, 0.25) is 0 Å². The van der Waals surface area contributed by atoms with Crippen molar-refractivity contribution in [1.29, 1.82) is 0 Å². The van der Waals surface area contributed by atoms with Crippen LogP contribution in [-0.2, 0) is 17.9 Å². The molecule has 132 valence electrons. The number of hydrogen-bond acceptors (Lipinski definition) is 6. The van der Waals surface area contributed by atoms with Crippen LogP contribution in [0, 0.1) is 0 Å². The summed E-state index contributed by atoms with van der Waals surface area (Å²) in [6.45, 7) is 4.83. The molecule has 3 rings (SSSR count). The molecule has 2 amide bonds. The lowest BCUT2D eigenvalue weighted by molar-refractivity contribution is -0.132. The second-order valence-electron chi connectivity index (χ2n) is 6.68. The molecule has 3 heterocycles. The van der Waals surface area contributed by atoms with Crippen LogP contribution in [0.5, 0.6) is 0 Å². The van der Waals surface area contributed by atoms with Crippen LogP contribution < -0.4 is 5.32 Å². The van der Waals surface area contributed by atoms with Crippen LogP contribution in [0.4, 0.5) is 0 Å². The molecule has 2 aliphatic heterocycles. The number of likely N-dealkylation sites (tertiary alicyclic amines) is 1. The monoisotopic (exact) mass is 335 g/mol. The fraction of sp³-hybridized carbons (Fsp3) is 0.688. The van der Waals surface area contributed by atoms with Crippen molar-refractivity contribution in [1.82, 2.24) is 25.0 Å². The van der Waals surface area contributed by atoms with Gasteiger partial charge in [-0.05, 0) is 40.0 Å². The van der Waals surface area contributed by atoms with Gasteiger partial charge in [-0.15, -0.1) is 0 Å². The van der Waals surface area contributed by atoms with Gasteiger partial charge in [0.05, 0.1) is 19.6 Å². The molecule has 0 aliphatic carbocycles. The van der Waals surface area contributed by atoms with E-state index in [9.17, 15) is 9.59 Å². The zero-order valence-electron chi connectivity index (χ0n) is 14.4. The number of likely N-dealkylation sites (N-methyl/N-ethyl adjacent to an activating group) is 1. The number of rotatable bonds is 6. The average Bonchev–Trinajstić information content (AvgIpc) is 3.21. The van der Waals surface area contributed by atoms with Gasteiger partial charge in [0.1, 0.15) is 11.5 Å². The van der Waals surface area contributed by atoms with Crippen LogP contribution >= 0.6 is 0 Å². The zero-order chi connectivity index (χ0) is 17.1. The largest absolute Gasteiger partial charge is 0.435 e. The Hall–Kier alpha value is -1.93. The Kier molecular flexibility index (Phi) is 5.15. The van der Waals surface area contributed by atoms with E-state index in [2.05, 4.69) is 15.2 Å². The minimum Gasteiger partial charge on any atom is -0.435 e. The van der Waals surface area contributed by atoms with Gasteiger partial charge >= 0.3 is 5.91 Å². The van der Waals surface area contributed by atoms with Gasteiger partial charge in [-0.3, -0.25) is 9.59 Å². The third kappa shape index (κ3) is 3.93. The maximum absolute atomic E-state index is 12.1. The van der Waals surface area contributed by atoms with E-state index in [0.29, 0.717) is 37.6 Å². The Morgan fingerprint density at radius 2 is 2.00 bits per heavy atom.